The van der Waals surface area contributed by atoms with Gasteiger partial charge in [0, 0.05) is 30.3 Å². The number of methoxy groups -OCH3 is 1. The summed E-state index contributed by atoms with van der Waals surface area (Å²) in [7, 11) is 1.71. The highest BCUT2D eigenvalue weighted by atomic mass is 32.2. The number of anilines is 1. The van der Waals surface area contributed by atoms with Gasteiger partial charge in [-0.25, -0.2) is 0 Å². The summed E-state index contributed by atoms with van der Waals surface area (Å²) in [6.07, 6.45) is 0. The van der Waals surface area contributed by atoms with Gasteiger partial charge in [0.25, 0.3) is 0 Å². The number of nitrogens with two attached hydrogens (primary N) is 1. The summed E-state index contributed by atoms with van der Waals surface area (Å²) in [4.78, 5) is 3.31. The van der Waals surface area contributed by atoms with Gasteiger partial charge in [-0.15, -0.1) is 11.8 Å². The molecule has 3 N–H and O–H groups in total. The first-order valence-electron chi connectivity index (χ1n) is 6.92. The molecule has 4 nitrogen and oxygen atoms in total. The minimum atomic E-state index is 0.125. The number of hydrogen-bond acceptors (Lipinski definition) is 4. The van der Waals surface area contributed by atoms with Crippen molar-refractivity contribution in [1.29, 1.82) is 5.41 Å². The minimum absolute atomic E-state index is 0.125. The fourth-order valence-corrected chi connectivity index (χ4v) is 3.20. The highest BCUT2D eigenvalue weighted by Gasteiger charge is 2.19. The average molecular weight is 295 g/mol. The van der Waals surface area contributed by atoms with Gasteiger partial charge in [0.15, 0.2) is 0 Å². The molecule has 0 aliphatic carbocycles. The number of hydrogen-bond donors (Lipinski definition) is 2. The number of nitrogens with one attached hydrogen (secondary N) is 1. The number of nitrogen functional groups attached to an aromatic ring is 1. The monoisotopic (exact) mass is 295 g/mol. The second-order valence-electron chi connectivity index (χ2n) is 4.59. The van der Waals surface area contributed by atoms with Gasteiger partial charge in [0.05, 0.1) is 12.2 Å². The maximum Gasteiger partial charge on any atom is 0.126 e. The van der Waals surface area contributed by atoms with Crippen molar-refractivity contribution in [3.63, 3.8) is 0 Å². The van der Waals surface area contributed by atoms with E-state index in [0.29, 0.717) is 6.61 Å². The topological polar surface area (TPSA) is 62.3 Å². The van der Waals surface area contributed by atoms with Crippen LogP contribution < -0.4 is 10.6 Å². The summed E-state index contributed by atoms with van der Waals surface area (Å²) in [5.74, 6) is 1.09. The van der Waals surface area contributed by atoms with Gasteiger partial charge in [-0.3, -0.25) is 5.41 Å². The van der Waals surface area contributed by atoms with E-state index in [2.05, 4.69) is 25.7 Å². The molecule has 0 aliphatic heterocycles. The summed E-state index contributed by atoms with van der Waals surface area (Å²) < 4.78 is 5.25. The van der Waals surface area contributed by atoms with Crippen molar-refractivity contribution in [2.24, 2.45) is 5.73 Å². The van der Waals surface area contributed by atoms with Crippen molar-refractivity contribution >= 4 is 23.3 Å². The van der Waals surface area contributed by atoms with Crippen molar-refractivity contribution in [1.82, 2.24) is 0 Å². The molecular weight excluding hydrogens is 270 g/mol. The Bertz CT molecular complexity index is 451. The van der Waals surface area contributed by atoms with Crippen LogP contribution in [0.5, 0.6) is 0 Å². The van der Waals surface area contributed by atoms with Crippen LogP contribution in [0.3, 0.4) is 0 Å². The zero-order valence-corrected chi connectivity index (χ0v) is 13.6. The molecule has 0 aliphatic rings. The zero-order valence-electron chi connectivity index (χ0n) is 12.8. The molecular formula is C15H25N3OS. The van der Waals surface area contributed by atoms with E-state index in [4.69, 9.17) is 15.9 Å². The third kappa shape index (κ3) is 3.90. The Balaban J connectivity index is 3.26. The lowest BCUT2D eigenvalue weighted by Gasteiger charge is -2.32. The number of rotatable bonds is 8. The average Bonchev–Trinajstić information content (AvgIpc) is 2.40. The van der Waals surface area contributed by atoms with Crippen LogP contribution in [0.15, 0.2) is 23.1 Å². The fourth-order valence-electron chi connectivity index (χ4n) is 2.36. The second-order valence-corrected chi connectivity index (χ2v) is 5.89. The van der Waals surface area contributed by atoms with Crippen molar-refractivity contribution in [2.75, 3.05) is 30.9 Å². The first kappa shape index (κ1) is 16.9. The molecule has 0 spiro atoms. The van der Waals surface area contributed by atoms with Crippen LogP contribution in [0.4, 0.5) is 5.69 Å². The van der Waals surface area contributed by atoms with Gasteiger partial charge < -0.3 is 15.4 Å². The van der Waals surface area contributed by atoms with E-state index >= 15 is 0 Å². The van der Waals surface area contributed by atoms with Crippen LogP contribution in [0.1, 0.15) is 26.3 Å². The number of nitrogens with zero attached hydrogens (tertiary/aromatic N) is 1. The van der Waals surface area contributed by atoms with Gasteiger partial charge >= 0.3 is 0 Å². The maximum absolute atomic E-state index is 7.91. The van der Waals surface area contributed by atoms with Crippen molar-refractivity contribution in [3.05, 3.63) is 23.8 Å². The standard InChI is InChI=1S/C15H25N3OS/c1-5-18(11(3)10-19-4)12-8-7-9-13(20-6-2)14(12)15(16)17/h7-9,11H,5-6,10H2,1-4H3,(H3,16,17). The Labute approximate surface area is 126 Å². The Morgan fingerprint density at radius 2 is 2.15 bits per heavy atom. The summed E-state index contributed by atoms with van der Waals surface area (Å²) in [5, 5.41) is 7.91. The van der Waals surface area contributed by atoms with Gasteiger partial charge in [-0.05, 0) is 31.7 Å². The first-order valence-corrected chi connectivity index (χ1v) is 7.91. The van der Waals surface area contributed by atoms with E-state index in [1.165, 1.54) is 0 Å². The molecule has 0 saturated carbocycles. The lowest BCUT2D eigenvalue weighted by molar-refractivity contribution is 0.182. The number of benzene rings is 1. The summed E-state index contributed by atoms with van der Waals surface area (Å²) in [5.41, 5.74) is 7.68. The minimum Gasteiger partial charge on any atom is -0.384 e. The first-order chi connectivity index (χ1) is 9.56. The number of ether oxygens (including phenoxy) is 1. The maximum atomic E-state index is 7.91. The molecule has 112 valence electrons. The zero-order chi connectivity index (χ0) is 15.1. The van der Waals surface area contributed by atoms with Crippen molar-refractivity contribution in [2.45, 2.75) is 31.7 Å². The molecule has 0 amide bonds. The largest absolute Gasteiger partial charge is 0.384 e. The van der Waals surface area contributed by atoms with E-state index in [1.807, 2.05) is 18.2 Å². The molecule has 0 saturated heterocycles. The van der Waals surface area contributed by atoms with E-state index in [-0.39, 0.29) is 11.9 Å². The van der Waals surface area contributed by atoms with Crippen molar-refractivity contribution in [3.8, 4) is 0 Å². The molecule has 1 rings (SSSR count). The van der Waals surface area contributed by atoms with E-state index < -0.39 is 0 Å². The summed E-state index contributed by atoms with van der Waals surface area (Å²) in [6, 6.07) is 6.34. The second kappa shape index (κ2) is 8.17. The highest BCUT2D eigenvalue weighted by Crippen LogP contribution is 2.31. The molecule has 20 heavy (non-hydrogen) atoms. The predicted molar refractivity (Wildman–Crippen MR) is 88.2 cm³/mol. The fraction of sp³-hybridized carbons (Fsp3) is 0.533. The highest BCUT2D eigenvalue weighted by molar-refractivity contribution is 7.99. The number of thioether (sulfide) groups is 1. The molecule has 0 heterocycles. The Morgan fingerprint density at radius 3 is 2.65 bits per heavy atom. The molecule has 1 unspecified atom stereocenters. The third-order valence-corrected chi connectivity index (χ3v) is 4.10. The molecule has 0 aromatic heterocycles. The number of likely N-dealkylation sites (N-methyl/N-ethyl adjacent to an activating group) is 1. The number of amidine groups is 1. The van der Waals surface area contributed by atoms with Crippen molar-refractivity contribution < 1.29 is 4.74 Å². The van der Waals surface area contributed by atoms with Crippen LogP contribution in [0.25, 0.3) is 0 Å². The van der Waals surface area contributed by atoms with Crippen LogP contribution in [-0.2, 0) is 4.74 Å². The molecule has 0 radical (unpaired) electrons. The lowest BCUT2D eigenvalue weighted by atomic mass is 10.1. The molecule has 1 atom stereocenters. The van der Waals surface area contributed by atoms with E-state index in [9.17, 15) is 0 Å². The van der Waals surface area contributed by atoms with Crippen LogP contribution in [0, 0.1) is 5.41 Å². The SMILES string of the molecule is CCSc1cccc(N(CC)C(C)COC)c1C(=N)N. The summed E-state index contributed by atoms with van der Waals surface area (Å²) in [6.45, 7) is 7.83. The van der Waals surface area contributed by atoms with E-state index in [0.717, 1.165) is 28.4 Å². The van der Waals surface area contributed by atoms with Crippen LogP contribution >= 0.6 is 11.8 Å². The Kier molecular flexibility index (Phi) is 6.88. The lowest BCUT2D eigenvalue weighted by Crippen LogP contribution is -2.37. The molecule has 1 aromatic rings. The molecule has 5 heteroatoms. The van der Waals surface area contributed by atoms with Crippen LogP contribution in [0.2, 0.25) is 0 Å². The molecule has 0 fully saturated rings. The summed E-state index contributed by atoms with van der Waals surface area (Å²) >= 11 is 1.72. The van der Waals surface area contributed by atoms with Gasteiger partial charge in [0.1, 0.15) is 5.84 Å². The third-order valence-electron chi connectivity index (χ3n) is 3.16. The quantitative estimate of drug-likeness (QED) is 0.440. The smallest absolute Gasteiger partial charge is 0.126 e. The normalized spacial score (nSPS) is 12.2. The van der Waals surface area contributed by atoms with Gasteiger partial charge in [-0.2, -0.15) is 0 Å². The molecule has 1 aromatic carbocycles. The van der Waals surface area contributed by atoms with Gasteiger partial charge in [0.2, 0.25) is 0 Å². The Morgan fingerprint density at radius 1 is 1.45 bits per heavy atom. The Hall–Kier alpha value is -1.20. The van der Waals surface area contributed by atoms with Crippen LogP contribution in [-0.4, -0.2) is 37.9 Å². The van der Waals surface area contributed by atoms with Gasteiger partial charge in [-0.1, -0.05) is 13.0 Å². The van der Waals surface area contributed by atoms with E-state index in [1.54, 1.807) is 18.9 Å². The predicted octanol–water partition coefficient (Wildman–Crippen LogP) is 2.94. The molecule has 0 bridgehead atoms.